The van der Waals surface area contributed by atoms with Crippen molar-refractivity contribution in [1.82, 2.24) is 10.9 Å². The molecule has 1 aliphatic heterocycles. The van der Waals surface area contributed by atoms with Crippen molar-refractivity contribution in [3.05, 3.63) is 65.2 Å². The first-order chi connectivity index (χ1) is 10.4. The third-order valence-electron chi connectivity index (χ3n) is 4.40. The Kier molecular flexibility index (Phi) is 3.94. The highest BCUT2D eigenvalue weighted by molar-refractivity contribution is 5.42. The number of nitrogens with one attached hydrogen (secondary N) is 2. The first-order valence-electron chi connectivity index (χ1n) is 7.90. The van der Waals surface area contributed by atoms with Gasteiger partial charge in [-0.05, 0) is 40.7 Å². The molecule has 0 amide bonds. The maximum Gasteiger partial charge on any atom is 0.0482 e. The highest BCUT2D eigenvalue weighted by Gasteiger charge is 2.26. The summed E-state index contributed by atoms with van der Waals surface area (Å²) >= 11 is 0. The molecule has 0 aromatic heterocycles. The van der Waals surface area contributed by atoms with Crippen molar-refractivity contribution in [2.45, 2.75) is 44.7 Å². The zero-order chi connectivity index (χ0) is 15.7. The molecule has 0 spiro atoms. The molecule has 116 valence electrons. The molecule has 2 unspecified atom stereocenters. The van der Waals surface area contributed by atoms with Gasteiger partial charge in [-0.3, -0.25) is 0 Å². The van der Waals surface area contributed by atoms with Crippen LogP contribution in [0.2, 0.25) is 0 Å². The van der Waals surface area contributed by atoms with Crippen molar-refractivity contribution < 1.29 is 0 Å². The molecule has 0 bridgehead atoms. The van der Waals surface area contributed by atoms with E-state index < -0.39 is 0 Å². The van der Waals surface area contributed by atoms with Crippen molar-refractivity contribution in [2.75, 3.05) is 5.73 Å². The van der Waals surface area contributed by atoms with Gasteiger partial charge in [-0.1, -0.05) is 57.2 Å². The molecule has 4 N–H and O–H groups in total. The predicted octanol–water partition coefficient (Wildman–Crippen LogP) is 3.85. The molecule has 1 heterocycles. The molecule has 3 rings (SSSR count). The van der Waals surface area contributed by atoms with E-state index in [0.29, 0.717) is 12.1 Å². The number of hydrogen-bond acceptors (Lipinski definition) is 3. The number of hydrazine groups is 1. The Hall–Kier alpha value is -1.84. The lowest BCUT2D eigenvalue weighted by Gasteiger charge is -2.20. The van der Waals surface area contributed by atoms with E-state index in [1.54, 1.807) is 0 Å². The van der Waals surface area contributed by atoms with Crippen molar-refractivity contribution in [1.29, 1.82) is 0 Å². The fraction of sp³-hybridized carbons (Fsp3) is 0.368. The van der Waals surface area contributed by atoms with Crippen LogP contribution in [0.3, 0.4) is 0 Å². The monoisotopic (exact) mass is 295 g/mol. The lowest BCUT2D eigenvalue weighted by Crippen LogP contribution is -2.26. The summed E-state index contributed by atoms with van der Waals surface area (Å²) in [5.41, 5.74) is 17.6. The van der Waals surface area contributed by atoms with Gasteiger partial charge < -0.3 is 5.73 Å². The van der Waals surface area contributed by atoms with Crippen LogP contribution in [0.5, 0.6) is 0 Å². The number of rotatable bonds is 2. The normalized spacial score (nSPS) is 22.0. The van der Waals surface area contributed by atoms with Crippen LogP contribution in [0, 0.1) is 0 Å². The van der Waals surface area contributed by atoms with Crippen LogP contribution in [-0.4, -0.2) is 0 Å². The Morgan fingerprint density at radius 1 is 0.909 bits per heavy atom. The molecule has 1 saturated heterocycles. The van der Waals surface area contributed by atoms with Gasteiger partial charge >= 0.3 is 0 Å². The van der Waals surface area contributed by atoms with Crippen molar-refractivity contribution in [3.8, 4) is 0 Å². The van der Waals surface area contributed by atoms with Crippen LogP contribution < -0.4 is 16.6 Å². The molecule has 0 aliphatic carbocycles. The average Bonchev–Trinajstić information content (AvgIpc) is 2.96. The Morgan fingerprint density at radius 2 is 1.55 bits per heavy atom. The highest BCUT2D eigenvalue weighted by atomic mass is 15.4. The Bertz CT molecular complexity index is 640. The summed E-state index contributed by atoms with van der Waals surface area (Å²) in [7, 11) is 0. The van der Waals surface area contributed by atoms with Gasteiger partial charge in [0.05, 0.1) is 0 Å². The smallest absolute Gasteiger partial charge is 0.0482 e. The number of benzene rings is 2. The van der Waals surface area contributed by atoms with Crippen LogP contribution in [0.4, 0.5) is 5.69 Å². The summed E-state index contributed by atoms with van der Waals surface area (Å²) in [5, 5.41) is 0. The molecule has 0 radical (unpaired) electrons. The van der Waals surface area contributed by atoms with E-state index in [0.717, 1.165) is 12.1 Å². The molecule has 22 heavy (non-hydrogen) atoms. The van der Waals surface area contributed by atoms with E-state index >= 15 is 0 Å². The van der Waals surface area contributed by atoms with Crippen molar-refractivity contribution in [2.24, 2.45) is 0 Å². The van der Waals surface area contributed by atoms with E-state index in [1.165, 1.54) is 16.7 Å². The first-order valence-corrected chi connectivity index (χ1v) is 7.90. The van der Waals surface area contributed by atoms with Gasteiger partial charge in [0.2, 0.25) is 0 Å². The maximum atomic E-state index is 5.88. The van der Waals surface area contributed by atoms with Gasteiger partial charge in [-0.2, -0.15) is 0 Å². The van der Waals surface area contributed by atoms with Gasteiger partial charge in [0, 0.05) is 17.8 Å². The third kappa shape index (κ3) is 3.16. The minimum atomic E-state index is 0.198. The summed E-state index contributed by atoms with van der Waals surface area (Å²) in [4.78, 5) is 0. The Morgan fingerprint density at radius 3 is 2.14 bits per heavy atom. The quantitative estimate of drug-likeness (QED) is 0.738. The van der Waals surface area contributed by atoms with Gasteiger partial charge in [0.1, 0.15) is 0 Å². The molecule has 2 aromatic rings. The van der Waals surface area contributed by atoms with Gasteiger partial charge in [-0.15, -0.1) is 0 Å². The van der Waals surface area contributed by atoms with Gasteiger partial charge in [0.25, 0.3) is 0 Å². The minimum Gasteiger partial charge on any atom is -0.399 e. The zero-order valence-corrected chi connectivity index (χ0v) is 13.6. The number of hydrogen-bond donors (Lipinski definition) is 3. The summed E-state index contributed by atoms with van der Waals surface area (Å²) in [6.07, 6.45) is 1.03. The lowest BCUT2D eigenvalue weighted by molar-refractivity contribution is 0.554. The van der Waals surface area contributed by atoms with E-state index in [2.05, 4.69) is 62.0 Å². The lowest BCUT2D eigenvalue weighted by atomic mass is 9.86. The minimum absolute atomic E-state index is 0.198. The Balaban J connectivity index is 1.73. The van der Waals surface area contributed by atoms with Crippen molar-refractivity contribution >= 4 is 5.69 Å². The maximum absolute atomic E-state index is 5.88. The zero-order valence-electron chi connectivity index (χ0n) is 13.6. The number of anilines is 1. The first kappa shape index (κ1) is 15.1. The second-order valence-corrected chi connectivity index (χ2v) is 7.17. The average molecular weight is 295 g/mol. The van der Waals surface area contributed by atoms with Crippen LogP contribution in [0.25, 0.3) is 0 Å². The molecular formula is C19H25N3. The summed E-state index contributed by atoms with van der Waals surface area (Å²) in [6.45, 7) is 6.73. The summed E-state index contributed by atoms with van der Waals surface area (Å²) in [6, 6.07) is 17.7. The predicted molar refractivity (Wildman–Crippen MR) is 92.4 cm³/mol. The number of nitrogen functional groups attached to an aromatic ring is 1. The standard InChI is InChI=1S/C19H25N3/c1-19(2,3)15-9-7-13(8-10-15)17-12-18(22-21-17)14-5-4-6-16(20)11-14/h4-11,17-18,21-22H,12,20H2,1-3H3. The molecule has 0 saturated carbocycles. The SMILES string of the molecule is CC(C)(C)c1ccc(C2CC(c3cccc(N)c3)NN2)cc1. The largest absolute Gasteiger partial charge is 0.399 e. The summed E-state index contributed by atoms with van der Waals surface area (Å²) in [5.74, 6) is 0. The topological polar surface area (TPSA) is 50.1 Å². The van der Waals surface area contributed by atoms with Crippen LogP contribution in [0.1, 0.15) is 56.0 Å². The Labute approximate surface area is 132 Å². The van der Waals surface area contributed by atoms with Crippen LogP contribution >= 0.6 is 0 Å². The van der Waals surface area contributed by atoms with E-state index in [1.807, 2.05) is 18.2 Å². The van der Waals surface area contributed by atoms with Gasteiger partial charge in [-0.25, -0.2) is 10.9 Å². The molecular weight excluding hydrogens is 270 g/mol. The molecule has 1 fully saturated rings. The molecule has 1 aliphatic rings. The molecule has 2 aromatic carbocycles. The van der Waals surface area contributed by atoms with Gasteiger partial charge in [0.15, 0.2) is 0 Å². The molecule has 2 atom stereocenters. The second-order valence-electron chi connectivity index (χ2n) is 7.17. The van der Waals surface area contributed by atoms with E-state index in [-0.39, 0.29) is 5.41 Å². The van der Waals surface area contributed by atoms with Crippen molar-refractivity contribution in [3.63, 3.8) is 0 Å². The molecule has 3 heteroatoms. The van der Waals surface area contributed by atoms with E-state index in [9.17, 15) is 0 Å². The van der Waals surface area contributed by atoms with E-state index in [4.69, 9.17) is 5.73 Å². The number of nitrogens with two attached hydrogens (primary N) is 1. The fourth-order valence-electron chi connectivity index (χ4n) is 2.98. The molecule has 3 nitrogen and oxygen atoms in total. The second kappa shape index (κ2) is 5.75. The van der Waals surface area contributed by atoms with Crippen LogP contribution in [-0.2, 0) is 5.41 Å². The highest BCUT2D eigenvalue weighted by Crippen LogP contribution is 2.32. The van der Waals surface area contributed by atoms with Crippen LogP contribution in [0.15, 0.2) is 48.5 Å². The fourth-order valence-corrected chi connectivity index (χ4v) is 2.98. The third-order valence-corrected chi connectivity index (χ3v) is 4.40. The summed E-state index contributed by atoms with van der Waals surface area (Å²) < 4.78 is 0.